The van der Waals surface area contributed by atoms with E-state index in [0.29, 0.717) is 11.0 Å². The van der Waals surface area contributed by atoms with Crippen LogP contribution in [0, 0.1) is 5.82 Å². The fourth-order valence-corrected chi connectivity index (χ4v) is 4.41. The molecule has 5 nitrogen and oxygen atoms in total. The van der Waals surface area contributed by atoms with Gasteiger partial charge < -0.3 is 5.32 Å². The van der Waals surface area contributed by atoms with Crippen LogP contribution >= 0.6 is 15.9 Å². The molecule has 8 heteroatoms. The second kappa shape index (κ2) is 7.07. The monoisotopic (exact) mass is 423 g/mol. The predicted octanol–water partition coefficient (Wildman–Crippen LogP) is 3.41. The van der Waals surface area contributed by atoms with Crippen LogP contribution in [0.15, 0.2) is 64.4 Å². The Labute approximate surface area is 153 Å². The zero-order chi connectivity index (χ0) is 18.0. The average molecular weight is 424 g/mol. The van der Waals surface area contributed by atoms with E-state index in [4.69, 9.17) is 0 Å². The Hall–Kier alpha value is -2.03. The summed E-state index contributed by atoms with van der Waals surface area (Å²) in [6.07, 6.45) is 4.26. The van der Waals surface area contributed by atoms with E-state index in [1.165, 1.54) is 30.7 Å². The highest BCUT2D eigenvalue weighted by molar-refractivity contribution is 9.10. The van der Waals surface area contributed by atoms with Crippen LogP contribution in [-0.2, 0) is 16.6 Å². The van der Waals surface area contributed by atoms with Crippen LogP contribution in [0.3, 0.4) is 0 Å². The lowest BCUT2D eigenvalue weighted by molar-refractivity contribution is 0.587. The maximum absolute atomic E-state index is 14.3. The summed E-state index contributed by atoms with van der Waals surface area (Å²) in [5, 5.41) is 2.97. The minimum absolute atomic E-state index is 0.0195. The van der Waals surface area contributed by atoms with E-state index < -0.39 is 15.8 Å². The number of nitrogens with one attached hydrogen (secondary N) is 1. The topological polar surface area (TPSA) is 64.0 Å². The van der Waals surface area contributed by atoms with E-state index in [1.807, 2.05) is 0 Å². The lowest BCUT2D eigenvalue weighted by Gasteiger charge is -2.11. The minimum atomic E-state index is -3.92. The summed E-state index contributed by atoms with van der Waals surface area (Å²) in [5.74, 6) is -0.486. The number of hydrogen-bond donors (Lipinski definition) is 1. The van der Waals surface area contributed by atoms with Crippen molar-refractivity contribution >= 4 is 26.0 Å². The van der Waals surface area contributed by atoms with Gasteiger partial charge in [0, 0.05) is 35.2 Å². The minimum Gasteiger partial charge on any atom is -0.316 e. The van der Waals surface area contributed by atoms with E-state index in [9.17, 15) is 12.8 Å². The molecule has 25 heavy (non-hydrogen) atoms. The smallest absolute Gasteiger partial charge is 0.269 e. The zero-order valence-electron chi connectivity index (χ0n) is 13.3. The van der Waals surface area contributed by atoms with Crippen LogP contribution in [-0.4, -0.2) is 24.4 Å². The van der Waals surface area contributed by atoms with E-state index in [0.717, 1.165) is 9.54 Å². The largest absolute Gasteiger partial charge is 0.316 e. The van der Waals surface area contributed by atoms with Crippen LogP contribution in [0.1, 0.15) is 5.56 Å². The maximum atomic E-state index is 14.3. The number of benzene rings is 1. The van der Waals surface area contributed by atoms with E-state index in [-0.39, 0.29) is 16.2 Å². The molecule has 0 aliphatic carbocycles. The van der Waals surface area contributed by atoms with Crippen LogP contribution in [0.25, 0.3) is 11.3 Å². The van der Waals surface area contributed by atoms with Crippen molar-refractivity contribution in [3.63, 3.8) is 0 Å². The third-order valence-electron chi connectivity index (χ3n) is 3.61. The van der Waals surface area contributed by atoms with Gasteiger partial charge in [-0.3, -0.25) is 4.98 Å². The fraction of sp³-hybridized carbons (Fsp3) is 0.118. The molecule has 0 radical (unpaired) electrons. The predicted molar refractivity (Wildman–Crippen MR) is 97.1 cm³/mol. The van der Waals surface area contributed by atoms with Gasteiger partial charge in [0.25, 0.3) is 10.0 Å². The molecule has 2 heterocycles. The number of nitrogens with zero attached hydrogens (tertiary/aromatic N) is 2. The quantitative estimate of drug-likeness (QED) is 0.682. The van der Waals surface area contributed by atoms with Gasteiger partial charge in [0.1, 0.15) is 10.7 Å². The van der Waals surface area contributed by atoms with Gasteiger partial charge >= 0.3 is 0 Å². The molecule has 0 atom stereocenters. The second-order valence-electron chi connectivity index (χ2n) is 5.38. The van der Waals surface area contributed by atoms with Crippen molar-refractivity contribution in [1.29, 1.82) is 0 Å². The highest BCUT2D eigenvalue weighted by Gasteiger charge is 2.23. The van der Waals surface area contributed by atoms with Crippen LogP contribution in [0.5, 0.6) is 0 Å². The number of aromatic nitrogens is 2. The molecule has 1 N–H and O–H groups in total. The van der Waals surface area contributed by atoms with Crippen molar-refractivity contribution in [2.45, 2.75) is 11.4 Å². The average Bonchev–Trinajstić information content (AvgIpc) is 3.00. The second-order valence-corrected chi connectivity index (χ2v) is 8.11. The molecule has 3 aromatic rings. The van der Waals surface area contributed by atoms with E-state index in [2.05, 4.69) is 26.2 Å². The summed E-state index contributed by atoms with van der Waals surface area (Å²) in [7, 11) is -2.17. The highest BCUT2D eigenvalue weighted by Crippen LogP contribution is 2.29. The molecule has 0 aliphatic rings. The molecule has 0 saturated heterocycles. The molecule has 1 aromatic carbocycles. The first kappa shape index (κ1) is 17.8. The highest BCUT2D eigenvalue weighted by atomic mass is 79.9. The van der Waals surface area contributed by atoms with Gasteiger partial charge in [-0.15, -0.1) is 0 Å². The van der Waals surface area contributed by atoms with E-state index >= 15 is 0 Å². The molecule has 0 amide bonds. The molecule has 0 unspecified atom stereocenters. The van der Waals surface area contributed by atoms with Gasteiger partial charge in [0.2, 0.25) is 0 Å². The number of rotatable bonds is 5. The maximum Gasteiger partial charge on any atom is 0.269 e. The van der Waals surface area contributed by atoms with E-state index in [1.54, 1.807) is 31.3 Å². The zero-order valence-corrected chi connectivity index (χ0v) is 15.7. The van der Waals surface area contributed by atoms with Crippen molar-refractivity contribution in [3.8, 4) is 11.3 Å². The first-order valence-electron chi connectivity index (χ1n) is 7.40. The third kappa shape index (κ3) is 3.51. The molecule has 130 valence electrons. The Kier molecular flexibility index (Phi) is 5.03. The first-order chi connectivity index (χ1) is 11.9. The molecule has 0 aliphatic heterocycles. The molecule has 2 aromatic heterocycles. The molecule has 0 fully saturated rings. The number of halogens is 2. The number of hydrogen-bond acceptors (Lipinski definition) is 4. The van der Waals surface area contributed by atoms with Gasteiger partial charge in [-0.1, -0.05) is 12.1 Å². The Morgan fingerprint density at radius 1 is 1.24 bits per heavy atom. The molecule has 0 spiro atoms. The summed E-state index contributed by atoms with van der Waals surface area (Å²) >= 11 is 3.23. The summed E-state index contributed by atoms with van der Waals surface area (Å²) in [4.78, 5) is 3.93. The van der Waals surface area contributed by atoms with Crippen molar-refractivity contribution in [3.05, 3.63) is 70.8 Å². The van der Waals surface area contributed by atoms with Gasteiger partial charge in [-0.25, -0.2) is 16.8 Å². The van der Waals surface area contributed by atoms with Crippen molar-refractivity contribution in [1.82, 2.24) is 14.3 Å². The van der Waals surface area contributed by atoms with Gasteiger partial charge in [0.05, 0.1) is 5.69 Å². The molecular weight excluding hydrogens is 409 g/mol. The van der Waals surface area contributed by atoms with Crippen LogP contribution < -0.4 is 5.32 Å². The Morgan fingerprint density at radius 2 is 2.00 bits per heavy atom. The van der Waals surface area contributed by atoms with Gasteiger partial charge in [0.15, 0.2) is 0 Å². The number of pyridine rings is 1. The SMILES string of the molecule is CNCc1cc(-c2ccccc2F)n(S(=O)(=O)c2cncc(Br)c2)c1. The molecule has 3 rings (SSSR count). The van der Waals surface area contributed by atoms with Crippen molar-refractivity contribution in [2.75, 3.05) is 7.05 Å². The third-order valence-corrected chi connectivity index (χ3v) is 5.68. The normalized spacial score (nSPS) is 11.6. The molecular formula is C17H15BrFN3O2S. The molecule has 0 bridgehead atoms. The summed E-state index contributed by atoms with van der Waals surface area (Å²) in [5.41, 5.74) is 1.21. The lowest BCUT2D eigenvalue weighted by Crippen LogP contribution is -2.14. The Morgan fingerprint density at radius 3 is 2.68 bits per heavy atom. The summed E-state index contributed by atoms with van der Waals surface area (Å²) < 4.78 is 42.0. The van der Waals surface area contributed by atoms with Crippen molar-refractivity contribution < 1.29 is 12.8 Å². The first-order valence-corrected chi connectivity index (χ1v) is 9.63. The lowest BCUT2D eigenvalue weighted by atomic mass is 10.1. The van der Waals surface area contributed by atoms with Gasteiger partial charge in [-0.2, -0.15) is 0 Å². The van der Waals surface area contributed by atoms with Gasteiger partial charge in [-0.05, 0) is 52.8 Å². The standard InChI is InChI=1S/C17H15BrFN3O2S/c1-20-8-12-6-17(15-4-2-3-5-16(15)19)22(11-12)25(23,24)14-7-13(18)9-21-10-14/h2-7,9-11,20H,8H2,1H3. The molecule has 0 saturated carbocycles. The Bertz CT molecular complexity index is 1020. The Balaban J connectivity index is 2.23. The fourth-order valence-electron chi connectivity index (χ4n) is 2.51. The van der Waals surface area contributed by atoms with Crippen LogP contribution in [0.2, 0.25) is 0 Å². The van der Waals surface area contributed by atoms with Crippen LogP contribution in [0.4, 0.5) is 4.39 Å². The van der Waals surface area contributed by atoms with Crippen molar-refractivity contribution in [2.24, 2.45) is 0 Å². The summed E-state index contributed by atoms with van der Waals surface area (Å²) in [6, 6.07) is 9.22. The summed E-state index contributed by atoms with van der Waals surface area (Å²) in [6.45, 7) is 0.459.